The molecule has 144 valence electrons. The molecule has 0 fully saturated rings. The largest absolute Gasteiger partial charge is 0.394 e. The predicted octanol–water partition coefficient (Wildman–Crippen LogP) is -0.163. The highest BCUT2D eigenvalue weighted by Gasteiger charge is 2.29. The minimum Gasteiger partial charge on any atom is -0.394 e. The van der Waals surface area contributed by atoms with Gasteiger partial charge in [0.25, 0.3) is 0 Å². The van der Waals surface area contributed by atoms with Gasteiger partial charge in [0.05, 0.1) is 25.2 Å². The van der Waals surface area contributed by atoms with Crippen molar-refractivity contribution in [2.75, 3.05) is 33.8 Å². The lowest BCUT2D eigenvalue weighted by molar-refractivity contribution is -0.125. The lowest BCUT2D eigenvalue weighted by Gasteiger charge is -2.31. The molecule has 1 aliphatic rings. The second-order valence-corrected chi connectivity index (χ2v) is 6.79. The Morgan fingerprint density at radius 1 is 1.28 bits per heavy atom. The number of urea groups is 1. The number of nitrogens with one attached hydrogen (secondary N) is 3. The molecule has 0 saturated carbocycles. The standard InChI is InChI=1S/C17H32N4O4/c1-12(2)19-17(24)20-14-7-6-13(25-15(14)11-22)10-16(23)18-8-5-9-21(3)4/h6-7,12-15,22H,5,8-11H2,1-4H3,(H,18,23)(H2,19,20,24)/t13-,14+,15-/m0/s1. The van der Waals surface area contributed by atoms with Crippen molar-refractivity contribution in [1.82, 2.24) is 20.9 Å². The smallest absolute Gasteiger partial charge is 0.315 e. The van der Waals surface area contributed by atoms with Crippen LogP contribution in [-0.2, 0) is 9.53 Å². The van der Waals surface area contributed by atoms with Crippen molar-refractivity contribution in [2.24, 2.45) is 0 Å². The lowest BCUT2D eigenvalue weighted by atomic mass is 10.0. The molecular formula is C17H32N4O4. The SMILES string of the molecule is CC(C)NC(=O)N[C@@H]1C=C[C@@H](CC(=O)NCCCN(C)C)O[C@H]1CO. The summed E-state index contributed by atoms with van der Waals surface area (Å²) in [6.07, 6.45) is 3.63. The maximum atomic E-state index is 12.0. The number of hydrogen-bond acceptors (Lipinski definition) is 5. The number of carbonyl (C=O) groups is 2. The second kappa shape index (κ2) is 11.1. The molecule has 3 atom stereocenters. The number of aliphatic hydroxyl groups excluding tert-OH is 1. The first-order chi connectivity index (χ1) is 11.8. The molecule has 8 heteroatoms. The van der Waals surface area contributed by atoms with Crippen LogP contribution in [0.3, 0.4) is 0 Å². The Labute approximate surface area is 150 Å². The van der Waals surface area contributed by atoms with Gasteiger partial charge in [0.15, 0.2) is 0 Å². The van der Waals surface area contributed by atoms with Crippen LogP contribution in [0.4, 0.5) is 4.79 Å². The summed E-state index contributed by atoms with van der Waals surface area (Å²) in [5, 5.41) is 17.8. The minimum atomic E-state index is -0.575. The Bertz CT molecular complexity index is 454. The minimum absolute atomic E-state index is 0.0185. The summed E-state index contributed by atoms with van der Waals surface area (Å²) in [7, 11) is 3.98. The molecule has 0 unspecified atom stereocenters. The molecule has 8 nitrogen and oxygen atoms in total. The maximum absolute atomic E-state index is 12.0. The summed E-state index contributed by atoms with van der Waals surface area (Å²) in [5.41, 5.74) is 0. The Hall–Kier alpha value is -1.64. The van der Waals surface area contributed by atoms with E-state index in [0.717, 1.165) is 13.0 Å². The molecule has 0 saturated heterocycles. The zero-order chi connectivity index (χ0) is 18.8. The van der Waals surface area contributed by atoms with Gasteiger partial charge in [-0.25, -0.2) is 4.79 Å². The first-order valence-electron chi connectivity index (χ1n) is 8.75. The third-order valence-corrected chi connectivity index (χ3v) is 3.67. The van der Waals surface area contributed by atoms with Crippen molar-refractivity contribution in [3.05, 3.63) is 12.2 Å². The number of aliphatic hydroxyl groups is 1. The fraction of sp³-hybridized carbons (Fsp3) is 0.765. The van der Waals surface area contributed by atoms with Crippen LogP contribution in [0.2, 0.25) is 0 Å². The van der Waals surface area contributed by atoms with E-state index in [1.54, 1.807) is 12.2 Å². The van der Waals surface area contributed by atoms with Gasteiger partial charge in [0.2, 0.25) is 5.91 Å². The molecule has 0 bridgehead atoms. The van der Waals surface area contributed by atoms with Crippen LogP contribution in [-0.4, -0.2) is 80.0 Å². The molecule has 4 N–H and O–H groups in total. The van der Waals surface area contributed by atoms with E-state index in [1.807, 2.05) is 27.9 Å². The zero-order valence-corrected chi connectivity index (χ0v) is 15.6. The highest BCUT2D eigenvalue weighted by molar-refractivity contribution is 5.77. The summed E-state index contributed by atoms with van der Waals surface area (Å²) in [5.74, 6) is -0.0888. The Morgan fingerprint density at radius 2 is 2.00 bits per heavy atom. The van der Waals surface area contributed by atoms with E-state index in [-0.39, 0.29) is 31.0 Å². The van der Waals surface area contributed by atoms with Gasteiger partial charge in [-0.2, -0.15) is 0 Å². The van der Waals surface area contributed by atoms with Gasteiger partial charge in [-0.3, -0.25) is 4.79 Å². The summed E-state index contributed by atoms with van der Waals surface area (Å²) in [6, 6.07) is -0.725. The normalized spacial score (nSPS) is 22.9. The van der Waals surface area contributed by atoms with E-state index in [1.165, 1.54) is 0 Å². The molecule has 0 radical (unpaired) electrons. The van der Waals surface area contributed by atoms with Gasteiger partial charge in [-0.15, -0.1) is 0 Å². The molecule has 0 aromatic carbocycles. The summed E-state index contributed by atoms with van der Waals surface area (Å²) < 4.78 is 5.72. The van der Waals surface area contributed by atoms with Crippen LogP contribution >= 0.6 is 0 Å². The van der Waals surface area contributed by atoms with Crippen molar-refractivity contribution >= 4 is 11.9 Å². The van der Waals surface area contributed by atoms with E-state index in [4.69, 9.17) is 4.74 Å². The van der Waals surface area contributed by atoms with E-state index >= 15 is 0 Å². The van der Waals surface area contributed by atoms with Crippen LogP contribution in [0.25, 0.3) is 0 Å². The van der Waals surface area contributed by atoms with Crippen molar-refractivity contribution in [3.8, 4) is 0 Å². The van der Waals surface area contributed by atoms with Crippen LogP contribution < -0.4 is 16.0 Å². The lowest BCUT2D eigenvalue weighted by Crippen LogP contribution is -2.52. The summed E-state index contributed by atoms with van der Waals surface area (Å²) in [6.45, 7) is 5.03. The molecule has 0 spiro atoms. The monoisotopic (exact) mass is 356 g/mol. The number of amides is 3. The van der Waals surface area contributed by atoms with Gasteiger partial charge in [-0.1, -0.05) is 12.2 Å². The summed E-state index contributed by atoms with van der Waals surface area (Å²) >= 11 is 0. The second-order valence-electron chi connectivity index (χ2n) is 6.79. The first-order valence-corrected chi connectivity index (χ1v) is 8.75. The van der Waals surface area contributed by atoms with Gasteiger partial charge in [-0.05, 0) is 40.9 Å². The van der Waals surface area contributed by atoms with E-state index in [9.17, 15) is 14.7 Å². The molecule has 1 aliphatic heterocycles. The van der Waals surface area contributed by atoms with Gasteiger partial charge in [0, 0.05) is 12.6 Å². The highest BCUT2D eigenvalue weighted by Crippen LogP contribution is 2.15. The molecule has 25 heavy (non-hydrogen) atoms. The van der Waals surface area contributed by atoms with Crippen LogP contribution in [0.5, 0.6) is 0 Å². The summed E-state index contributed by atoms with van der Waals surface area (Å²) in [4.78, 5) is 25.8. The molecule has 1 rings (SSSR count). The quantitative estimate of drug-likeness (QED) is 0.339. The first kappa shape index (κ1) is 21.4. The van der Waals surface area contributed by atoms with Crippen molar-refractivity contribution < 1.29 is 19.4 Å². The van der Waals surface area contributed by atoms with E-state index in [2.05, 4.69) is 20.9 Å². The molecular weight excluding hydrogens is 324 g/mol. The van der Waals surface area contributed by atoms with Crippen molar-refractivity contribution in [2.45, 2.75) is 51.0 Å². The number of nitrogens with zero attached hydrogens (tertiary/aromatic N) is 1. The Morgan fingerprint density at radius 3 is 2.60 bits per heavy atom. The van der Waals surface area contributed by atoms with Gasteiger partial charge in [0.1, 0.15) is 6.10 Å². The molecule has 0 aromatic heterocycles. The molecule has 1 heterocycles. The van der Waals surface area contributed by atoms with Gasteiger partial charge >= 0.3 is 6.03 Å². The van der Waals surface area contributed by atoms with E-state index in [0.29, 0.717) is 6.54 Å². The molecule has 0 aromatic rings. The average Bonchev–Trinajstić information content (AvgIpc) is 2.52. The van der Waals surface area contributed by atoms with Crippen molar-refractivity contribution in [1.29, 1.82) is 0 Å². The number of ether oxygens (including phenoxy) is 1. The Kier molecular flexibility index (Phi) is 9.48. The molecule has 0 aliphatic carbocycles. The van der Waals surface area contributed by atoms with Crippen LogP contribution in [0.1, 0.15) is 26.7 Å². The third-order valence-electron chi connectivity index (χ3n) is 3.67. The van der Waals surface area contributed by atoms with Crippen LogP contribution in [0, 0.1) is 0 Å². The van der Waals surface area contributed by atoms with Crippen LogP contribution in [0.15, 0.2) is 12.2 Å². The van der Waals surface area contributed by atoms with E-state index < -0.39 is 18.2 Å². The number of hydrogen-bond donors (Lipinski definition) is 4. The number of rotatable bonds is 9. The highest BCUT2D eigenvalue weighted by atomic mass is 16.5. The van der Waals surface area contributed by atoms with Crippen molar-refractivity contribution in [3.63, 3.8) is 0 Å². The predicted molar refractivity (Wildman–Crippen MR) is 96.3 cm³/mol. The zero-order valence-electron chi connectivity index (χ0n) is 15.6. The third kappa shape index (κ3) is 8.85. The number of carbonyl (C=O) groups excluding carboxylic acids is 2. The fourth-order valence-corrected chi connectivity index (χ4v) is 2.47. The average molecular weight is 356 g/mol. The maximum Gasteiger partial charge on any atom is 0.315 e. The topological polar surface area (TPSA) is 103 Å². The van der Waals surface area contributed by atoms with Gasteiger partial charge < -0.3 is 30.7 Å². The molecule has 3 amide bonds. The fourth-order valence-electron chi connectivity index (χ4n) is 2.47. The Balaban J connectivity index is 2.42.